The molecule has 1 aliphatic carbocycles. The molecule has 0 bridgehead atoms. The van der Waals surface area contributed by atoms with Gasteiger partial charge in [0.15, 0.2) is 0 Å². The predicted octanol–water partition coefficient (Wildman–Crippen LogP) is 16.1. The standard InChI is InChI=1S/C42H24F6N2S8/c1-21-3-5-23(52-21)17-26(30-10-4-22(2)53-30)39-27(18-37(58-39)36-16-15-35(57-36)33-12-7-25(20-50)55-33)38-28(40(43,44)42(47,48)41(38,45)46)8-9-29(51)31-13-14-34(56-31)32-11-6-24(19-49)54-32/h3-7,9-18,51H,8H2,1-2H3/b26-17+,29-9-. The number of halogens is 6. The van der Waals surface area contributed by atoms with Crippen LogP contribution in [0, 0.1) is 36.5 Å². The molecule has 0 N–H and O–H groups in total. The molecule has 0 fully saturated rings. The molecule has 0 amide bonds. The van der Waals surface area contributed by atoms with E-state index in [1.54, 1.807) is 48.5 Å². The first-order valence-corrected chi connectivity index (χ1v) is 23.2. The summed E-state index contributed by atoms with van der Waals surface area (Å²) in [5.74, 6) is -16.2. The van der Waals surface area contributed by atoms with Crippen LogP contribution in [0.5, 0.6) is 0 Å². The normalized spacial score (nSPS) is 16.3. The molecule has 0 atom stereocenters. The fourth-order valence-electron chi connectivity index (χ4n) is 6.42. The Hall–Kier alpha value is -3.97. The third-order valence-electron chi connectivity index (χ3n) is 9.21. The van der Waals surface area contributed by atoms with Crippen LogP contribution in [0.3, 0.4) is 0 Å². The fourth-order valence-corrected chi connectivity index (χ4v) is 13.5. The van der Waals surface area contributed by atoms with E-state index in [1.165, 1.54) is 80.2 Å². The van der Waals surface area contributed by atoms with Crippen molar-refractivity contribution in [2.75, 3.05) is 0 Å². The number of alkyl halides is 6. The van der Waals surface area contributed by atoms with Crippen molar-refractivity contribution >= 4 is 114 Å². The van der Waals surface area contributed by atoms with E-state index in [0.29, 0.717) is 34.8 Å². The molecule has 7 heterocycles. The molecule has 0 unspecified atom stereocenters. The van der Waals surface area contributed by atoms with E-state index in [9.17, 15) is 10.5 Å². The van der Waals surface area contributed by atoms with Crippen LogP contribution in [0.1, 0.15) is 51.0 Å². The van der Waals surface area contributed by atoms with Gasteiger partial charge >= 0.3 is 17.8 Å². The van der Waals surface area contributed by atoms with Crippen molar-refractivity contribution in [2.24, 2.45) is 0 Å². The Labute approximate surface area is 362 Å². The highest BCUT2D eigenvalue weighted by Crippen LogP contribution is 2.64. The molecule has 0 saturated heterocycles. The summed E-state index contributed by atoms with van der Waals surface area (Å²) < 4.78 is 96.5. The van der Waals surface area contributed by atoms with Crippen LogP contribution in [0.15, 0.2) is 90.5 Å². The van der Waals surface area contributed by atoms with E-state index in [4.69, 9.17) is 0 Å². The second-order valence-electron chi connectivity index (χ2n) is 13.0. The van der Waals surface area contributed by atoms with Crippen LogP contribution in [-0.2, 0) is 0 Å². The van der Waals surface area contributed by atoms with E-state index in [2.05, 4.69) is 24.8 Å². The molecule has 0 saturated carbocycles. The van der Waals surface area contributed by atoms with Gasteiger partial charge in [0.2, 0.25) is 0 Å². The lowest BCUT2D eigenvalue weighted by Crippen LogP contribution is -2.49. The second-order valence-corrected chi connectivity index (χ2v) is 21.5. The van der Waals surface area contributed by atoms with Crippen molar-refractivity contribution in [3.8, 4) is 41.4 Å². The van der Waals surface area contributed by atoms with Gasteiger partial charge in [0.05, 0.1) is 0 Å². The van der Waals surface area contributed by atoms with Crippen molar-refractivity contribution in [3.05, 3.63) is 135 Å². The fraction of sp³-hybridized carbons (Fsp3) is 0.143. The van der Waals surface area contributed by atoms with E-state index < -0.39 is 40.9 Å². The highest BCUT2D eigenvalue weighted by molar-refractivity contribution is 7.90. The van der Waals surface area contributed by atoms with Gasteiger partial charge in [0, 0.05) is 85.7 Å². The zero-order chi connectivity index (χ0) is 41.1. The molecular formula is C42H24F6N2S8. The number of nitriles is 2. The monoisotopic (exact) mass is 926 g/mol. The van der Waals surface area contributed by atoms with Crippen molar-refractivity contribution in [1.82, 2.24) is 0 Å². The average molecular weight is 927 g/mol. The van der Waals surface area contributed by atoms with Gasteiger partial charge in [-0.25, -0.2) is 0 Å². The van der Waals surface area contributed by atoms with E-state index in [-0.39, 0.29) is 9.78 Å². The quantitative estimate of drug-likeness (QED) is 0.110. The summed E-state index contributed by atoms with van der Waals surface area (Å²) in [6, 6.07) is 27.0. The first kappa shape index (κ1) is 40.8. The maximum absolute atomic E-state index is 16.5. The van der Waals surface area contributed by atoms with Gasteiger partial charge in [0.1, 0.15) is 21.9 Å². The van der Waals surface area contributed by atoms with Crippen LogP contribution in [0.2, 0.25) is 0 Å². The van der Waals surface area contributed by atoms with Gasteiger partial charge in [-0.15, -0.1) is 92.0 Å². The highest BCUT2D eigenvalue weighted by Gasteiger charge is 2.80. The highest BCUT2D eigenvalue weighted by atomic mass is 32.1. The summed E-state index contributed by atoms with van der Waals surface area (Å²) in [6.45, 7) is 3.80. The number of aryl methyl sites for hydroxylation is 2. The van der Waals surface area contributed by atoms with E-state index >= 15 is 26.3 Å². The van der Waals surface area contributed by atoms with Crippen LogP contribution >= 0.6 is 92.0 Å². The lowest BCUT2D eigenvalue weighted by molar-refractivity contribution is -0.260. The van der Waals surface area contributed by atoms with Crippen LogP contribution < -0.4 is 0 Å². The molecule has 0 aromatic carbocycles. The minimum atomic E-state index is -5.73. The Bertz CT molecular complexity index is 2890. The molecule has 7 aromatic rings. The SMILES string of the molecule is Cc1ccc(/C=C(\c2ccc(C)s2)c2sc(-c3ccc(-c4ccc(C#N)s4)s3)cc2C2=C(C/C=C(\S)c3ccc(-c4ccc(C#N)s4)s3)C(F)(F)C(F)(F)C2(F)F)s1. The Morgan fingerprint density at radius 2 is 1.17 bits per heavy atom. The van der Waals surface area contributed by atoms with Crippen LogP contribution in [0.25, 0.3) is 51.4 Å². The summed E-state index contributed by atoms with van der Waals surface area (Å²) in [5.41, 5.74) is -2.72. The lowest BCUT2D eigenvalue weighted by Gasteiger charge is -2.26. The zero-order valence-electron chi connectivity index (χ0n) is 29.8. The second kappa shape index (κ2) is 15.6. The third kappa shape index (κ3) is 7.22. The maximum atomic E-state index is 16.5. The number of thiol groups is 1. The molecule has 0 radical (unpaired) electrons. The molecule has 7 aromatic heterocycles. The van der Waals surface area contributed by atoms with Crippen molar-refractivity contribution in [3.63, 3.8) is 0 Å². The first-order valence-electron chi connectivity index (χ1n) is 17.1. The lowest BCUT2D eigenvalue weighted by atomic mass is 9.94. The Balaban J connectivity index is 1.31. The molecule has 2 nitrogen and oxygen atoms in total. The summed E-state index contributed by atoms with van der Waals surface area (Å²) in [4.78, 5) is 9.40. The minimum absolute atomic E-state index is 0.155. The molecular weight excluding hydrogens is 903 g/mol. The molecule has 8 rings (SSSR count). The number of thiophene rings is 7. The summed E-state index contributed by atoms with van der Waals surface area (Å²) in [5, 5.41) is 18.6. The van der Waals surface area contributed by atoms with Crippen molar-refractivity contribution in [2.45, 2.75) is 38.0 Å². The Morgan fingerprint density at radius 3 is 1.76 bits per heavy atom. The summed E-state index contributed by atoms with van der Waals surface area (Å²) in [6.07, 6.45) is 2.05. The first-order chi connectivity index (χ1) is 27.6. The van der Waals surface area contributed by atoms with Gasteiger partial charge < -0.3 is 0 Å². The summed E-state index contributed by atoms with van der Waals surface area (Å²) >= 11 is 13.6. The van der Waals surface area contributed by atoms with Gasteiger partial charge in [0.25, 0.3) is 0 Å². The zero-order valence-corrected chi connectivity index (χ0v) is 36.4. The number of nitrogens with zero attached hydrogens (tertiary/aromatic N) is 2. The number of hydrogen-bond donors (Lipinski definition) is 1. The smallest absolute Gasteiger partial charge is 0.194 e. The molecule has 292 valence electrons. The topological polar surface area (TPSA) is 47.6 Å². The predicted molar refractivity (Wildman–Crippen MR) is 236 cm³/mol. The molecule has 0 spiro atoms. The van der Waals surface area contributed by atoms with Gasteiger partial charge in [-0.3, -0.25) is 0 Å². The molecule has 58 heavy (non-hydrogen) atoms. The average Bonchev–Trinajstić information content (AvgIpc) is 4.03. The number of hydrogen-bond acceptors (Lipinski definition) is 10. The minimum Gasteiger partial charge on any atom is -0.194 e. The Kier molecular flexibility index (Phi) is 10.9. The Morgan fingerprint density at radius 1 is 0.621 bits per heavy atom. The van der Waals surface area contributed by atoms with Gasteiger partial charge in [-0.1, -0.05) is 6.08 Å². The van der Waals surface area contributed by atoms with Crippen molar-refractivity contribution < 1.29 is 26.3 Å². The number of allylic oxidation sites excluding steroid dienone is 3. The van der Waals surface area contributed by atoms with Crippen LogP contribution in [0.4, 0.5) is 26.3 Å². The molecule has 16 heteroatoms. The van der Waals surface area contributed by atoms with E-state index in [1.807, 2.05) is 44.2 Å². The van der Waals surface area contributed by atoms with Gasteiger partial charge in [-0.05, 0) is 105 Å². The maximum Gasteiger partial charge on any atom is 0.380 e. The van der Waals surface area contributed by atoms with Crippen molar-refractivity contribution in [1.29, 1.82) is 10.5 Å². The van der Waals surface area contributed by atoms with Gasteiger partial charge in [-0.2, -0.15) is 36.9 Å². The molecule has 1 aliphatic rings. The molecule has 0 aliphatic heterocycles. The number of rotatable bonds is 10. The van der Waals surface area contributed by atoms with E-state index in [0.717, 1.165) is 45.5 Å². The summed E-state index contributed by atoms with van der Waals surface area (Å²) in [7, 11) is 0. The largest absolute Gasteiger partial charge is 0.380 e. The van der Waals surface area contributed by atoms with Crippen LogP contribution in [-0.4, -0.2) is 17.8 Å². The third-order valence-corrected chi connectivity index (χ3v) is 17.7.